The molecule has 0 radical (unpaired) electrons. The first-order valence-electron chi connectivity index (χ1n) is 8.72. The van der Waals surface area contributed by atoms with Crippen molar-refractivity contribution in [2.75, 3.05) is 14.2 Å². The second-order valence-electron chi connectivity index (χ2n) is 6.33. The minimum Gasteiger partial charge on any atom is -0.744 e. The summed E-state index contributed by atoms with van der Waals surface area (Å²) in [5.74, 6) is -2.27. The van der Waals surface area contributed by atoms with Gasteiger partial charge in [0.15, 0.2) is 5.75 Å². The van der Waals surface area contributed by atoms with Crippen LogP contribution in [0.3, 0.4) is 0 Å². The van der Waals surface area contributed by atoms with Crippen LogP contribution in [-0.2, 0) is 29.7 Å². The molecule has 168 valence electrons. The quantitative estimate of drug-likeness (QED) is 0.179. The monoisotopic (exact) mass is 502 g/mol. The molecule has 0 saturated heterocycles. The van der Waals surface area contributed by atoms with E-state index < -0.39 is 47.7 Å². The predicted molar refractivity (Wildman–Crippen MR) is 109 cm³/mol. The van der Waals surface area contributed by atoms with Crippen LogP contribution in [-0.4, -0.2) is 47.5 Å². The molecule has 0 atom stereocenters. The summed E-state index contributed by atoms with van der Waals surface area (Å²) in [6, 6.07) is 10.8. The minimum atomic E-state index is -4.96. The molecule has 0 unspecified atom stereocenters. The van der Waals surface area contributed by atoms with Gasteiger partial charge in [-0.25, -0.2) is 18.0 Å². The normalized spacial score (nSPS) is 11.4. The van der Waals surface area contributed by atoms with Gasteiger partial charge in [-0.1, -0.05) is 24.3 Å². The first kappa shape index (κ1) is 26.8. The number of hydrogen-bond acceptors (Lipinski definition) is 10. The van der Waals surface area contributed by atoms with E-state index in [4.69, 9.17) is 4.18 Å². The molecular weight excluding hydrogens is 487 g/mol. The van der Waals surface area contributed by atoms with E-state index in [0.717, 1.165) is 38.5 Å². The smallest absolute Gasteiger partial charge is 0.744 e. The summed E-state index contributed by atoms with van der Waals surface area (Å²) in [5, 5.41) is 0.0130. The summed E-state index contributed by atoms with van der Waals surface area (Å²) in [6.07, 6.45) is 0. The molecule has 3 rings (SSSR count). The fourth-order valence-corrected chi connectivity index (χ4v) is 4.66. The number of esters is 2. The van der Waals surface area contributed by atoms with Crippen LogP contribution in [0, 0.1) is 0 Å². The Balaban J connectivity index is 0.00000385. The largest absolute Gasteiger partial charge is 1.00 e. The standard InChI is InChI=1S/C20H16O10S2.Na/c1-28-19(21)13-9-14(20(22)29-2)11-15(10-13)32(26,27)30-16-7-3-5-12-6-4-8-17(18(12)16)31(23,24)25;/h3-11H,1-2H3,(H,23,24,25);/q;+1/p-1. The number of carbonyl (C=O) groups is 2. The molecule has 0 saturated carbocycles. The SMILES string of the molecule is COC(=O)c1cc(C(=O)OC)cc(S(=O)(=O)Oc2cccc3cccc(S(=O)(=O)[O-])c23)c1.[Na+]. The van der Waals surface area contributed by atoms with E-state index >= 15 is 0 Å². The molecule has 0 aliphatic rings. The van der Waals surface area contributed by atoms with Gasteiger partial charge in [0.1, 0.15) is 15.0 Å². The van der Waals surface area contributed by atoms with Crippen molar-refractivity contribution in [3.63, 3.8) is 0 Å². The van der Waals surface area contributed by atoms with Crippen LogP contribution in [0.15, 0.2) is 64.4 Å². The minimum absolute atomic E-state index is 0. The van der Waals surface area contributed by atoms with Crippen molar-refractivity contribution in [1.29, 1.82) is 0 Å². The Morgan fingerprint density at radius 3 is 1.82 bits per heavy atom. The molecule has 0 aliphatic heterocycles. The zero-order valence-electron chi connectivity index (χ0n) is 17.6. The zero-order valence-corrected chi connectivity index (χ0v) is 21.2. The van der Waals surface area contributed by atoms with Crippen LogP contribution in [0.5, 0.6) is 5.75 Å². The number of rotatable bonds is 6. The van der Waals surface area contributed by atoms with E-state index in [2.05, 4.69) is 9.47 Å². The average molecular weight is 502 g/mol. The van der Waals surface area contributed by atoms with Gasteiger partial charge in [0.2, 0.25) is 0 Å². The van der Waals surface area contributed by atoms with E-state index in [0.29, 0.717) is 0 Å². The molecule has 33 heavy (non-hydrogen) atoms. The van der Waals surface area contributed by atoms with Crippen LogP contribution in [0.4, 0.5) is 0 Å². The fourth-order valence-electron chi connectivity index (χ4n) is 2.93. The third-order valence-electron chi connectivity index (χ3n) is 4.33. The Kier molecular flexibility index (Phi) is 8.27. The van der Waals surface area contributed by atoms with Crippen molar-refractivity contribution in [3.8, 4) is 5.75 Å². The first-order valence-corrected chi connectivity index (χ1v) is 11.5. The molecule has 0 aliphatic carbocycles. The van der Waals surface area contributed by atoms with Crippen molar-refractivity contribution >= 4 is 42.9 Å². The Morgan fingerprint density at radius 2 is 1.33 bits per heavy atom. The molecule has 0 fully saturated rings. The summed E-state index contributed by atoms with van der Waals surface area (Å²) < 4.78 is 75.3. The third-order valence-corrected chi connectivity index (χ3v) is 6.43. The molecule has 3 aromatic carbocycles. The maximum Gasteiger partial charge on any atom is 1.00 e. The van der Waals surface area contributed by atoms with Gasteiger partial charge in [-0.3, -0.25) is 0 Å². The van der Waals surface area contributed by atoms with Crippen LogP contribution in [0.1, 0.15) is 20.7 Å². The second-order valence-corrected chi connectivity index (χ2v) is 9.23. The maximum atomic E-state index is 13.0. The van der Waals surface area contributed by atoms with Crippen LogP contribution >= 0.6 is 0 Å². The van der Waals surface area contributed by atoms with Gasteiger partial charge in [-0.05, 0) is 35.7 Å². The van der Waals surface area contributed by atoms with E-state index in [1.165, 1.54) is 30.3 Å². The molecule has 0 aromatic heterocycles. The number of benzene rings is 3. The number of carbonyl (C=O) groups excluding carboxylic acids is 2. The molecule has 0 bridgehead atoms. The number of ether oxygens (including phenoxy) is 2. The molecule has 0 amide bonds. The maximum absolute atomic E-state index is 13.0. The Hall–Kier alpha value is -2.48. The molecule has 0 heterocycles. The van der Waals surface area contributed by atoms with E-state index in [-0.39, 0.29) is 51.5 Å². The van der Waals surface area contributed by atoms with Crippen molar-refractivity contribution in [1.82, 2.24) is 0 Å². The van der Waals surface area contributed by atoms with Gasteiger partial charge in [-0.15, -0.1) is 0 Å². The predicted octanol–water partition coefficient (Wildman–Crippen LogP) is -0.911. The Labute approximate surface area is 211 Å². The van der Waals surface area contributed by atoms with Gasteiger partial charge in [0.25, 0.3) is 0 Å². The molecule has 10 nitrogen and oxygen atoms in total. The van der Waals surface area contributed by atoms with Crippen molar-refractivity contribution in [3.05, 3.63) is 65.7 Å². The van der Waals surface area contributed by atoms with Crippen molar-refractivity contribution < 1.29 is 74.2 Å². The average Bonchev–Trinajstić information content (AvgIpc) is 2.76. The van der Waals surface area contributed by atoms with Gasteiger partial charge in [0, 0.05) is 5.39 Å². The van der Waals surface area contributed by atoms with E-state index in [1.54, 1.807) is 0 Å². The summed E-state index contributed by atoms with van der Waals surface area (Å²) >= 11 is 0. The number of fused-ring (bicyclic) bond motifs is 1. The zero-order chi connectivity index (χ0) is 23.7. The topological polar surface area (TPSA) is 153 Å². The molecule has 0 spiro atoms. The molecule has 0 N–H and O–H groups in total. The summed E-state index contributed by atoms with van der Waals surface area (Å²) in [4.78, 5) is 22.6. The summed E-state index contributed by atoms with van der Waals surface area (Å²) in [7, 11) is -7.53. The Bertz CT molecular complexity index is 1410. The first-order chi connectivity index (χ1) is 15.0. The molecule has 13 heteroatoms. The molecular formula is C20H15NaO10S2. The molecule has 3 aromatic rings. The van der Waals surface area contributed by atoms with Crippen molar-refractivity contribution in [2.45, 2.75) is 9.79 Å². The van der Waals surface area contributed by atoms with Gasteiger partial charge < -0.3 is 18.2 Å². The fraction of sp³-hybridized carbons (Fsp3) is 0.100. The van der Waals surface area contributed by atoms with Gasteiger partial charge in [0.05, 0.1) is 30.2 Å². The number of methoxy groups -OCH3 is 2. The van der Waals surface area contributed by atoms with Crippen molar-refractivity contribution in [2.24, 2.45) is 0 Å². The number of hydrogen-bond donors (Lipinski definition) is 0. The second kappa shape index (κ2) is 10.2. The third kappa shape index (κ3) is 5.72. The van der Waals surface area contributed by atoms with Crippen LogP contribution in [0.25, 0.3) is 10.8 Å². The van der Waals surface area contributed by atoms with Crippen LogP contribution in [0.2, 0.25) is 0 Å². The summed E-state index contributed by atoms with van der Waals surface area (Å²) in [6.45, 7) is 0. The summed E-state index contributed by atoms with van der Waals surface area (Å²) in [5.41, 5.74) is -0.531. The van der Waals surface area contributed by atoms with Gasteiger partial charge in [-0.2, -0.15) is 8.42 Å². The Morgan fingerprint density at radius 1 is 0.818 bits per heavy atom. The van der Waals surface area contributed by atoms with Gasteiger partial charge >= 0.3 is 51.6 Å². The van der Waals surface area contributed by atoms with E-state index in [1.807, 2.05) is 0 Å². The van der Waals surface area contributed by atoms with Crippen LogP contribution < -0.4 is 33.7 Å². The van der Waals surface area contributed by atoms with E-state index in [9.17, 15) is 31.0 Å².